The number of hydrogen-bond acceptors (Lipinski definition) is 4. The highest BCUT2D eigenvalue weighted by molar-refractivity contribution is 5.30. The van der Waals surface area contributed by atoms with Gasteiger partial charge in [-0.3, -0.25) is 0 Å². The minimum absolute atomic E-state index is 0.294. The second-order valence-corrected chi connectivity index (χ2v) is 3.69. The molecule has 4 nitrogen and oxygen atoms in total. The first kappa shape index (κ1) is 15.7. The molecule has 0 saturated carbocycles. The lowest BCUT2D eigenvalue weighted by Crippen LogP contribution is -2.30. The Morgan fingerprint density at radius 2 is 2.18 bits per heavy atom. The molecule has 0 heterocycles. The van der Waals surface area contributed by atoms with Crippen molar-refractivity contribution >= 4 is 0 Å². The van der Waals surface area contributed by atoms with Crippen LogP contribution in [0.15, 0.2) is 36.2 Å². The van der Waals surface area contributed by atoms with E-state index < -0.39 is 6.29 Å². The van der Waals surface area contributed by atoms with Crippen LogP contribution in [0.2, 0.25) is 0 Å². The second-order valence-electron chi connectivity index (χ2n) is 3.69. The molecule has 0 saturated heterocycles. The van der Waals surface area contributed by atoms with Gasteiger partial charge in [-0.2, -0.15) is 0 Å². The zero-order valence-corrected chi connectivity index (χ0v) is 11.2. The third-order valence-electron chi connectivity index (χ3n) is 2.22. The van der Waals surface area contributed by atoms with Gasteiger partial charge in [0.15, 0.2) is 6.29 Å². The molecular weight excluding hydrogens is 216 g/mol. The molecule has 0 bridgehead atoms. The Hall–Kier alpha value is -1.26. The first-order valence-electron chi connectivity index (χ1n) is 5.81. The summed E-state index contributed by atoms with van der Waals surface area (Å²) in [6.45, 7) is 9.35. The van der Waals surface area contributed by atoms with Crippen molar-refractivity contribution in [3.05, 3.63) is 36.2 Å². The van der Waals surface area contributed by atoms with Gasteiger partial charge in [0, 0.05) is 18.8 Å². The average Bonchev–Trinajstić information content (AvgIpc) is 2.26. The van der Waals surface area contributed by atoms with E-state index in [1.54, 1.807) is 20.2 Å². The molecule has 0 aromatic rings. The Labute approximate surface area is 104 Å². The van der Waals surface area contributed by atoms with Crippen LogP contribution in [-0.4, -0.2) is 24.7 Å². The summed E-state index contributed by atoms with van der Waals surface area (Å²) in [7, 11) is 1.79. The molecule has 2 unspecified atom stereocenters. The van der Waals surface area contributed by atoms with E-state index in [-0.39, 0.29) is 6.23 Å². The summed E-state index contributed by atoms with van der Waals surface area (Å²) in [5, 5.41) is 15.8. The zero-order chi connectivity index (χ0) is 13.3. The second kappa shape index (κ2) is 8.84. The van der Waals surface area contributed by atoms with Gasteiger partial charge in [-0.05, 0) is 32.0 Å². The maximum atomic E-state index is 9.99. The maximum absolute atomic E-state index is 9.99. The van der Waals surface area contributed by atoms with Gasteiger partial charge in [-0.1, -0.05) is 19.6 Å². The van der Waals surface area contributed by atoms with Crippen molar-refractivity contribution in [1.82, 2.24) is 10.6 Å². The molecule has 0 aliphatic heterocycles. The number of hydrogen-bond donors (Lipinski definition) is 3. The predicted molar refractivity (Wildman–Crippen MR) is 71.1 cm³/mol. The highest BCUT2D eigenvalue weighted by Crippen LogP contribution is 2.16. The van der Waals surface area contributed by atoms with Crippen LogP contribution in [0.4, 0.5) is 0 Å². The standard InChI is InChI=1S/C13H24N2O2/c1-6-8-10(3)12(9-14-5)13(16)17-11(4)15-7-2/h7-9,11,13-16H,2,6H2,1,3-5H3/b10-8+,12-9+. The number of ether oxygens (including phenoxy) is 1. The summed E-state index contributed by atoms with van der Waals surface area (Å²) < 4.78 is 5.40. The maximum Gasteiger partial charge on any atom is 0.185 e. The molecule has 98 valence electrons. The normalized spacial score (nSPS) is 16.3. The van der Waals surface area contributed by atoms with E-state index in [2.05, 4.69) is 24.1 Å². The highest BCUT2D eigenvalue weighted by Gasteiger charge is 2.15. The SMILES string of the molecule is C=CNC(C)OC(O)C(=C/NC)/C(C)=C/CC. The van der Waals surface area contributed by atoms with Crippen LogP contribution >= 0.6 is 0 Å². The zero-order valence-electron chi connectivity index (χ0n) is 11.2. The number of aliphatic hydroxyl groups excluding tert-OH is 1. The molecule has 0 aliphatic rings. The fraction of sp³-hybridized carbons (Fsp3) is 0.538. The summed E-state index contributed by atoms with van der Waals surface area (Å²) in [5.74, 6) is 0. The molecule has 2 atom stereocenters. The first-order chi connectivity index (χ1) is 8.06. The van der Waals surface area contributed by atoms with Crippen LogP contribution in [-0.2, 0) is 4.74 Å². The third kappa shape index (κ3) is 6.14. The topological polar surface area (TPSA) is 53.5 Å². The van der Waals surface area contributed by atoms with Crippen LogP contribution in [0.1, 0.15) is 27.2 Å². The van der Waals surface area contributed by atoms with Gasteiger partial charge in [-0.25, -0.2) is 0 Å². The monoisotopic (exact) mass is 240 g/mol. The predicted octanol–water partition coefficient (Wildman–Crippen LogP) is 1.86. The van der Waals surface area contributed by atoms with Crippen molar-refractivity contribution in [1.29, 1.82) is 0 Å². The van der Waals surface area contributed by atoms with Crippen LogP contribution in [0, 0.1) is 0 Å². The van der Waals surface area contributed by atoms with Crippen molar-refractivity contribution in [3.8, 4) is 0 Å². The number of aliphatic hydroxyl groups is 1. The van der Waals surface area contributed by atoms with E-state index >= 15 is 0 Å². The molecule has 0 aliphatic carbocycles. The molecule has 0 amide bonds. The van der Waals surface area contributed by atoms with Gasteiger partial charge < -0.3 is 20.5 Å². The Bertz CT molecular complexity index is 285. The molecule has 0 aromatic heterocycles. The van der Waals surface area contributed by atoms with Crippen molar-refractivity contribution in [2.24, 2.45) is 0 Å². The number of rotatable bonds is 8. The fourth-order valence-corrected chi connectivity index (χ4v) is 1.43. The lowest BCUT2D eigenvalue weighted by atomic mass is 10.1. The number of nitrogens with one attached hydrogen (secondary N) is 2. The molecule has 0 fully saturated rings. The fourth-order valence-electron chi connectivity index (χ4n) is 1.43. The van der Waals surface area contributed by atoms with E-state index in [9.17, 15) is 5.11 Å². The molecule has 0 spiro atoms. The molecule has 0 radical (unpaired) electrons. The summed E-state index contributed by atoms with van der Waals surface area (Å²) in [5.41, 5.74) is 1.73. The Balaban J connectivity index is 4.66. The molecule has 0 aromatic carbocycles. The number of allylic oxidation sites excluding steroid dienone is 1. The summed E-state index contributed by atoms with van der Waals surface area (Å²) in [6, 6.07) is 0. The summed E-state index contributed by atoms with van der Waals surface area (Å²) in [6.07, 6.45) is 4.98. The third-order valence-corrected chi connectivity index (χ3v) is 2.22. The van der Waals surface area contributed by atoms with Crippen molar-refractivity contribution in [2.45, 2.75) is 39.7 Å². The lowest BCUT2D eigenvalue weighted by Gasteiger charge is -2.21. The van der Waals surface area contributed by atoms with E-state index in [4.69, 9.17) is 4.74 Å². The van der Waals surface area contributed by atoms with Gasteiger partial charge >= 0.3 is 0 Å². The van der Waals surface area contributed by atoms with E-state index in [1.807, 2.05) is 13.0 Å². The van der Waals surface area contributed by atoms with Crippen molar-refractivity contribution in [3.63, 3.8) is 0 Å². The lowest BCUT2D eigenvalue weighted by molar-refractivity contribution is -0.111. The van der Waals surface area contributed by atoms with Gasteiger partial charge in [-0.15, -0.1) is 0 Å². The minimum Gasteiger partial charge on any atom is -0.394 e. The van der Waals surface area contributed by atoms with Crippen LogP contribution in [0.5, 0.6) is 0 Å². The van der Waals surface area contributed by atoms with Crippen LogP contribution in [0.3, 0.4) is 0 Å². The highest BCUT2D eigenvalue weighted by atomic mass is 16.6. The molecular formula is C13H24N2O2. The minimum atomic E-state index is -0.965. The van der Waals surface area contributed by atoms with Gasteiger partial charge in [0.1, 0.15) is 6.23 Å². The molecule has 3 N–H and O–H groups in total. The van der Waals surface area contributed by atoms with Crippen molar-refractivity contribution < 1.29 is 9.84 Å². The van der Waals surface area contributed by atoms with Gasteiger partial charge in [0.25, 0.3) is 0 Å². The molecule has 17 heavy (non-hydrogen) atoms. The Morgan fingerprint density at radius 1 is 1.53 bits per heavy atom. The Morgan fingerprint density at radius 3 is 2.65 bits per heavy atom. The Kier molecular flexibility index (Phi) is 8.19. The first-order valence-corrected chi connectivity index (χ1v) is 5.81. The average molecular weight is 240 g/mol. The van der Waals surface area contributed by atoms with Crippen molar-refractivity contribution in [2.75, 3.05) is 7.05 Å². The van der Waals surface area contributed by atoms with Gasteiger partial charge in [0.05, 0.1) is 0 Å². The van der Waals surface area contributed by atoms with E-state index in [0.29, 0.717) is 0 Å². The molecule has 0 rings (SSSR count). The van der Waals surface area contributed by atoms with Gasteiger partial charge in [0.2, 0.25) is 0 Å². The van der Waals surface area contributed by atoms with Crippen LogP contribution < -0.4 is 10.6 Å². The summed E-state index contributed by atoms with van der Waals surface area (Å²) in [4.78, 5) is 0. The van der Waals surface area contributed by atoms with E-state index in [0.717, 1.165) is 17.6 Å². The molecule has 4 heteroatoms. The summed E-state index contributed by atoms with van der Waals surface area (Å²) >= 11 is 0. The largest absolute Gasteiger partial charge is 0.394 e. The smallest absolute Gasteiger partial charge is 0.185 e. The van der Waals surface area contributed by atoms with Crippen LogP contribution in [0.25, 0.3) is 0 Å². The van der Waals surface area contributed by atoms with E-state index in [1.165, 1.54) is 6.20 Å². The quantitative estimate of drug-likeness (QED) is 0.448.